The van der Waals surface area contributed by atoms with Crippen molar-refractivity contribution in [1.29, 1.82) is 0 Å². The van der Waals surface area contributed by atoms with E-state index in [4.69, 9.17) is 5.11 Å². The van der Waals surface area contributed by atoms with Gasteiger partial charge in [0, 0.05) is 11.6 Å². The van der Waals surface area contributed by atoms with Gasteiger partial charge in [-0.25, -0.2) is 4.79 Å². The third-order valence-corrected chi connectivity index (χ3v) is 1.76. The van der Waals surface area contributed by atoms with E-state index in [9.17, 15) is 23.1 Å². The van der Waals surface area contributed by atoms with E-state index in [-0.39, 0.29) is 5.56 Å². The molecular formula is C10H7F3O3. The van der Waals surface area contributed by atoms with Gasteiger partial charge in [-0.3, -0.25) is 0 Å². The highest BCUT2D eigenvalue weighted by Gasteiger charge is 2.30. The van der Waals surface area contributed by atoms with Crippen LogP contribution in [0.15, 0.2) is 24.3 Å². The molecule has 0 saturated carbocycles. The summed E-state index contributed by atoms with van der Waals surface area (Å²) in [7, 11) is 0. The van der Waals surface area contributed by atoms with Crippen LogP contribution in [0.4, 0.5) is 13.2 Å². The van der Waals surface area contributed by atoms with Crippen LogP contribution in [-0.2, 0) is 11.0 Å². The fraction of sp³-hybridized carbons (Fsp3) is 0.100. The minimum atomic E-state index is -4.53. The first kappa shape index (κ1) is 12.1. The second kappa shape index (κ2) is 4.26. The normalized spacial score (nSPS) is 11.9. The van der Waals surface area contributed by atoms with Gasteiger partial charge >= 0.3 is 12.1 Å². The first-order valence-electron chi connectivity index (χ1n) is 4.12. The Labute approximate surface area is 88.4 Å². The first-order chi connectivity index (χ1) is 7.30. The van der Waals surface area contributed by atoms with Gasteiger partial charge in [-0.05, 0) is 24.3 Å². The largest absolute Gasteiger partial charge is 0.507 e. The summed E-state index contributed by atoms with van der Waals surface area (Å²) in [5, 5.41) is 17.5. The number of aliphatic carboxylic acids is 1. The van der Waals surface area contributed by atoms with E-state index < -0.39 is 23.5 Å². The number of carboxylic acid groups (broad SMARTS) is 1. The average molecular weight is 232 g/mol. The summed E-state index contributed by atoms with van der Waals surface area (Å²) in [6, 6.07) is 2.26. The standard InChI is InChI=1S/C10H7F3O3/c11-10(12,13)7-2-3-8(14)6(5-7)1-4-9(15)16/h1-5,14H,(H,15,16). The van der Waals surface area contributed by atoms with Gasteiger partial charge in [0.05, 0.1) is 5.56 Å². The molecule has 2 N–H and O–H groups in total. The Hall–Kier alpha value is -1.98. The van der Waals surface area contributed by atoms with E-state index in [0.717, 1.165) is 12.1 Å². The Balaban J connectivity index is 3.14. The van der Waals surface area contributed by atoms with Crippen LogP contribution in [0, 0.1) is 0 Å². The lowest BCUT2D eigenvalue weighted by Crippen LogP contribution is -2.04. The molecule has 1 aromatic carbocycles. The highest BCUT2D eigenvalue weighted by atomic mass is 19.4. The van der Waals surface area contributed by atoms with E-state index >= 15 is 0 Å². The van der Waals surface area contributed by atoms with Crippen molar-refractivity contribution >= 4 is 12.0 Å². The van der Waals surface area contributed by atoms with Crippen LogP contribution in [0.5, 0.6) is 5.75 Å². The number of halogens is 3. The summed E-state index contributed by atoms with van der Waals surface area (Å²) in [6.45, 7) is 0. The van der Waals surface area contributed by atoms with Crippen LogP contribution >= 0.6 is 0 Å². The molecule has 6 heteroatoms. The summed E-state index contributed by atoms with van der Waals surface area (Å²) >= 11 is 0. The van der Waals surface area contributed by atoms with Gasteiger partial charge in [-0.2, -0.15) is 13.2 Å². The maximum atomic E-state index is 12.3. The molecule has 0 aliphatic heterocycles. The molecule has 16 heavy (non-hydrogen) atoms. The highest BCUT2D eigenvalue weighted by Crippen LogP contribution is 2.32. The number of benzene rings is 1. The number of hydrogen-bond acceptors (Lipinski definition) is 2. The zero-order valence-electron chi connectivity index (χ0n) is 7.82. The lowest BCUT2D eigenvalue weighted by molar-refractivity contribution is -0.137. The average Bonchev–Trinajstić information content (AvgIpc) is 2.14. The zero-order valence-corrected chi connectivity index (χ0v) is 7.82. The summed E-state index contributed by atoms with van der Waals surface area (Å²) in [4.78, 5) is 10.2. The lowest BCUT2D eigenvalue weighted by Gasteiger charge is -2.08. The smallest absolute Gasteiger partial charge is 0.416 e. The number of phenolic OH excluding ortho intramolecular Hbond substituents is 1. The van der Waals surface area contributed by atoms with Crippen molar-refractivity contribution in [2.24, 2.45) is 0 Å². The Morgan fingerprint density at radius 2 is 1.94 bits per heavy atom. The van der Waals surface area contributed by atoms with Crippen LogP contribution in [0.3, 0.4) is 0 Å². The quantitative estimate of drug-likeness (QED) is 0.770. The van der Waals surface area contributed by atoms with Gasteiger partial charge in [0.1, 0.15) is 5.75 Å². The molecule has 86 valence electrons. The predicted molar refractivity (Wildman–Crippen MR) is 49.8 cm³/mol. The molecule has 0 atom stereocenters. The minimum Gasteiger partial charge on any atom is -0.507 e. The fourth-order valence-electron chi connectivity index (χ4n) is 1.03. The number of carboxylic acids is 1. The molecule has 0 aliphatic rings. The summed E-state index contributed by atoms with van der Waals surface area (Å²) in [5.74, 6) is -1.72. The molecule has 1 rings (SSSR count). The maximum absolute atomic E-state index is 12.3. The Morgan fingerprint density at radius 1 is 1.31 bits per heavy atom. The van der Waals surface area contributed by atoms with Crippen LogP contribution in [0.2, 0.25) is 0 Å². The third kappa shape index (κ3) is 3.01. The number of rotatable bonds is 2. The maximum Gasteiger partial charge on any atom is 0.416 e. The van der Waals surface area contributed by atoms with Gasteiger partial charge in [-0.1, -0.05) is 0 Å². The van der Waals surface area contributed by atoms with Crippen molar-refractivity contribution in [2.75, 3.05) is 0 Å². The molecule has 0 aliphatic carbocycles. The molecule has 0 bridgehead atoms. The molecule has 0 unspecified atom stereocenters. The zero-order chi connectivity index (χ0) is 12.3. The van der Waals surface area contributed by atoms with Crippen molar-refractivity contribution in [3.63, 3.8) is 0 Å². The van der Waals surface area contributed by atoms with E-state index in [1.165, 1.54) is 0 Å². The number of phenols is 1. The number of alkyl halides is 3. The van der Waals surface area contributed by atoms with Gasteiger partial charge in [0.25, 0.3) is 0 Å². The van der Waals surface area contributed by atoms with Gasteiger partial charge < -0.3 is 10.2 Å². The van der Waals surface area contributed by atoms with Crippen LogP contribution in [0.1, 0.15) is 11.1 Å². The Kier molecular flexibility index (Phi) is 3.22. The van der Waals surface area contributed by atoms with Crippen molar-refractivity contribution in [3.8, 4) is 5.75 Å². The Bertz CT molecular complexity index is 435. The molecule has 0 amide bonds. The van der Waals surface area contributed by atoms with E-state index in [0.29, 0.717) is 18.2 Å². The van der Waals surface area contributed by atoms with Gasteiger partial charge in [-0.15, -0.1) is 0 Å². The topological polar surface area (TPSA) is 57.5 Å². The van der Waals surface area contributed by atoms with Crippen molar-refractivity contribution in [1.82, 2.24) is 0 Å². The number of hydrogen-bond donors (Lipinski definition) is 2. The molecule has 0 spiro atoms. The van der Waals surface area contributed by atoms with E-state index in [1.54, 1.807) is 0 Å². The Morgan fingerprint density at radius 3 is 2.44 bits per heavy atom. The molecule has 0 saturated heterocycles. The second-order valence-corrected chi connectivity index (χ2v) is 2.94. The molecule has 0 fully saturated rings. The molecule has 0 aromatic heterocycles. The lowest BCUT2D eigenvalue weighted by atomic mass is 10.1. The van der Waals surface area contributed by atoms with Crippen LogP contribution < -0.4 is 0 Å². The monoisotopic (exact) mass is 232 g/mol. The van der Waals surface area contributed by atoms with E-state index in [1.807, 2.05) is 0 Å². The third-order valence-electron chi connectivity index (χ3n) is 1.76. The van der Waals surface area contributed by atoms with Crippen LogP contribution in [-0.4, -0.2) is 16.2 Å². The summed E-state index contributed by atoms with van der Waals surface area (Å²) < 4.78 is 36.8. The molecular weight excluding hydrogens is 225 g/mol. The predicted octanol–water partition coefficient (Wildman–Crippen LogP) is 2.51. The van der Waals surface area contributed by atoms with E-state index in [2.05, 4.69) is 0 Å². The summed E-state index contributed by atoms with van der Waals surface area (Å²) in [6.07, 6.45) is -2.98. The highest BCUT2D eigenvalue weighted by molar-refractivity contribution is 5.85. The minimum absolute atomic E-state index is 0.197. The fourth-order valence-corrected chi connectivity index (χ4v) is 1.03. The second-order valence-electron chi connectivity index (χ2n) is 2.94. The van der Waals surface area contributed by atoms with Crippen molar-refractivity contribution in [2.45, 2.75) is 6.18 Å². The number of aromatic hydroxyl groups is 1. The van der Waals surface area contributed by atoms with Crippen molar-refractivity contribution in [3.05, 3.63) is 35.4 Å². The SMILES string of the molecule is O=C(O)C=Cc1cc(C(F)(F)F)ccc1O. The van der Waals surface area contributed by atoms with Gasteiger partial charge in [0.15, 0.2) is 0 Å². The molecule has 3 nitrogen and oxygen atoms in total. The first-order valence-corrected chi connectivity index (χ1v) is 4.12. The van der Waals surface area contributed by atoms with Crippen LogP contribution in [0.25, 0.3) is 6.08 Å². The number of carbonyl (C=O) groups is 1. The van der Waals surface area contributed by atoms with Crippen molar-refractivity contribution < 1.29 is 28.2 Å². The molecule has 1 aromatic rings. The van der Waals surface area contributed by atoms with Gasteiger partial charge in [0.2, 0.25) is 0 Å². The summed E-state index contributed by atoms with van der Waals surface area (Å²) in [5.41, 5.74) is -1.15. The molecule has 0 radical (unpaired) electrons. The molecule has 0 heterocycles.